The minimum Gasteiger partial charge on any atom is -0.495 e. The maximum absolute atomic E-state index is 13.9. The molecular formula is C28H31Cl2N3O5S. The van der Waals surface area contributed by atoms with Gasteiger partial charge in [0.05, 0.1) is 17.7 Å². The van der Waals surface area contributed by atoms with Crippen LogP contribution in [0.25, 0.3) is 0 Å². The molecule has 3 aromatic rings. The van der Waals surface area contributed by atoms with Gasteiger partial charge in [-0.05, 0) is 55.3 Å². The quantitative estimate of drug-likeness (QED) is 0.314. The standard InChI is InChI=1S/C28H31Cl2N3O5S/c1-4-16-31-28(35)20(2)32(18-21-10-8-9-13-24(21)30)27(34)19-33(25-17-22(29)14-15-26(25)38-3)39(36,37)23-11-6-5-7-12-23/h5-15,17,20H,4,16,18-19H2,1-3H3,(H,31,35). The molecule has 0 aliphatic rings. The zero-order chi connectivity index (χ0) is 28.6. The first-order chi connectivity index (χ1) is 18.6. The Morgan fingerprint density at radius 2 is 1.67 bits per heavy atom. The van der Waals surface area contributed by atoms with E-state index in [0.29, 0.717) is 23.6 Å². The SMILES string of the molecule is CCCNC(=O)C(C)N(Cc1ccccc1Cl)C(=O)CN(c1cc(Cl)ccc1OC)S(=O)(=O)c1ccccc1. The Balaban J connectivity index is 2.09. The van der Waals surface area contributed by atoms with Gasteiger partial charge in [0.15, 0.2) is 0 Å². The molecule has 0 saturated carbocycles. The van der Waals surface area contributed by atoms with E-state index < -0.39 is 28.5 Å². The minimum absolute atomic E-state index is 0.00881. The summed E-state index contributed by atoms with van der Waals surface area (Å²) in [6, 6.07) is 18.3. The number of amides is 2. The van der Waals surface area contributed by atoms with Crippen LogP contribution in [0.3, 0.4) is 0 Å². The molecule has 1 unspecified atom stereocenters. The van der Waals surface area contributed by atoms with E-state index in [2.05, 4.69) is 5.32 Å². The fourth-order valence-corrected chi connectivity index (χ4v) is 5.68. The molecule has 3 aromatic carbocycles. The van der Waals surface area contributed by atoms with Gasteiger partial charge in [0.2, 0.25) is 11.8 Å². The summed E-state index contributed by atoms with van der Waals surface area (Å²) in [5.74, 6) is -0.774. The number of hydrogen-bond donors (Lipinski definition) is 1. The van der Waals surface area contributed by atoms with Gasteiger partial charge in [-0.2, -0.15) is 0 Å². The van der Waals surface area contributed by atoms with Gasteiger partial charge in [-0.15, -0.1) is 0 Å². The van der Waals surface area contributed by atoms with Crippen molar-refractivity contribution in [3.63, 3.8) is 0 Å². The third-order valence-corrected chi connectivity index (χ3v) is 8.41. The van der Waals surface area contributed by atoms with Crippen molar-refractivity contribution in [3.05, 3.63) is 88.4 Å². The molecule has 0 radical (unpaired) electrons. The van der Waals surface area contributed by atoms with Crippen molar-refractivity contribution < 1.29 is 22.7 Å². The average Bonchev–Trinajstić information content (AvgIpc) is 2.94. The molecule has 11 heteroatoms. The minimum atomic E-state index is -4.25. The van der Waals surface area contributed by atoms with Gasteiger partial charge in [0.1, 0.15) is 18.3 Å². The molecule has 0 bridgehead atoms. The number of benzene rings is 3. The Labute approximate surface area is 239 Å². The van der Waals surface area contributed by atoms with E-state index in [0.717, 1.165) is 4.31 Å². The van der Waals surface area contributed by atoms with E-state index in [1.165, 1.54) is 36.3 Å². The van der Waals surface area contributed by atoms with Crippen LogP contribution >= 0.6 is 23.2 Å². The lowest BCUT2D eigenvalue weighted by Crippen LogP contribution is -2.51. The molecule has 1 atom stereocenters. The van der Waals surface area contributed by atoms with Crippen molar-refractivity contribution in [2.75, 3.05) is 24.5 Å². The van der Waals surface area contributed by atoms with Gasteiger partial charge in [-0.1, -0.05) is 66.5 Å². The molecular weight excluding hydrogens is 561 g/mol. The van der Waals surface area contributed by atoms with Crippen molar-refractivity contribution in [2.24, 2.45) is 0 Å². The fourth-order valence-electron chi connectivity index (χ4n) is 3.88. The Hall–Kier alpha value is -3.27. The van der Waals surface area contributed by atoms with Gasteiger partial charge < -0.3 is 15.0 Å². The molecule has 2 amide bonds. The topological polar surface area (TPSA) is 96.0 Å². The molecule has 0 spiro atoms. The molecule has 0 aliphatic heterocycles. The number of anilines is 1. The number of rotatable bonds is 12. The highest BCUT2D eigenvalue weighted by molar-refractivity contribution is 7.92. The Bertz CT molecular complexity index is 1400. The van der Waals surface area contributed by atoms with E-state index in [9.17, 15) is 18.0 Å². The van der Waals surface area contributed by atoms with Crippen LogP contribution in [0.4, 0.5) is 5.69 Å². The number of sulfonamides is 1. The summed E-state index contributed by atoms with van der Waals surface area (Å²) in [6.07, 6.45) is 0.717. The van der Waals surface area contributed by atoms with Crippen molar-refractivity contribution in [1.82, 2.24) is 10.2 Å². The van der Waals surface area contributed by atoms with Crippen molar-refractivity contribution in [2.45, 2.75) is 37.8 Å². The van der Waals surface area contributed by atoms with E-state index in [4.69, 9.17) is 27.9 Å². The van der Waals surface area contributed by atoms with E-state index in [-0.39, 0.29) is 33.8 Å². The predicted octanol–water partition coefficient (Wildman–Crippen LogP) is 5.14. The first-order valence-electron chi connectivity index (χ1n) is 12.3. The first-order valence-corrected chi connectivity index (χ1v) is 14.5. The smallest absolute Gasteiger partial charge is 0.264 e. The summed E-state index contributed by atoms with van der Waals surface area (Å²) in [6.45, 7) is 3.32. The number of nitrogens with zero attached hydrogens (tertiary/aromatic N) is 2. The predicted molar refractivity (Wildman–Crippen MR) is 154 cm³/mol. The fraction of sp³-hybridized carbons (Fsp3) is 0.286. The second-order valence-electron chi connectivity index (χ2n) is 8.72. The normalized spacial score (nSPS) is 11.9. The molecule has 1 N–H and O–H groups in total. The lowest BCUT2D eigenvalue weighted by atomic mass is 10.1. The third-order valence-electron chi connectivity index (χ3n) is 6.03. The van der Waals surface area contributed by atoms with Crippen LogP contribution in [0, 0.1) is 0 Å². The lowest BCUT2D eigenvalue weighted by molar-refractivity contribution is -0.139. The van der Waals surface area contributed by atoms with Crippen molar-refractivity contribution in [1.29, 1.82) is 0 Å². The number of nitrogens with one attached hydrogen (secondary N) is 1. The first kappa shape index (κ1) is 30.3. The number of ether oxygens (including phenoxy) is 1. The third kappa shape index (κ3) is 7.44. The second kappa shape index (κ2) is 13.7. The van der Waals surface area contributed by atoms with Gasteiger partial charge in [0.25, 0.3) is 10.0 Å². The lowest BCUT2D eigenvalue weighted by Gasteiger charge is -2.32. The second-order valence-corrected chi connectivity index (χ2v) is 11.4. The van der Waals surface area contributed by atoms with E-state index in [1.54, 1.807) is 55.5 Å². The summed E-state index contributed by atoms with van der Waals surface area (Å²) < 4.78 is 34.1. The zero-order valence-electron chi connectivity index (χ0n) is 21.9. The molecule has 3 rings (SSSR count). The molecule has 0 heterocycles. The molecule has 8 nitrogen and oxygen atoms in total. The highest BCUT2D eigenvalue weighted by Crippen LogP contribution is 2.35. The molecule has 39 heavy (non-hydrogen) atoms. The molecule has 0 aromatic heterocycles. The zero-order valence-corrected chi connectivity index (χ0v) is 24.3. The number of methoxy groups -OCH3 is 1. The van der Waals surface area contributed by atoms with Crippen molar-refractivity contribution >= 4 is 50.7 Å². The summed E-state index contributed by atoms with van der Waals surface area (Å²) in [5.41, 5.74) is 0.698. The summed E-state index contributed by atoms with van der Waals surface area (Å²) >= 11 is 12.6. The van der Waals surface area contributed by atoms with Gasteiger partial charge in [-0.3, -0.25) is 13.9 Å². The summed E-state index contributed by atoms with van der Waals surface area (Å²) in [5, 5.41) is 3.47. The van der Waals surface area contributed by atoms with E-state index >= 15 is 0 Å². The maximum Gasteiger partial charge on any atom is 0.264 e. The highest BCUT2D eigenvalue weighted by atomic mass is 35.5. The van der Waals surface area contributed by atoms with Gasteiger partial charge >= 0.3 is 0 Å². The van der Waals surface area contributed by atoms with Crippen LogP contribution in [-0.4, -0.2) is 51.4 Å². The number of carbonyl (C=O) groups excluding carboxylic acids is 2. The number of halogens is 2. The number of hydrogen-bond acceptors (Lipinski definition) is 5. The van der Waals surface area contributed by atoms with Crippen LogP contribution in [0.15, 0.2) is 77.7 Å². The Morgan fingerprint density at radius 3 is 2.31 bits per heavy atom. The van der Waals surface area contributed by atoms with Gasteiger partial charge in [0, 0.05) is 23.1 Å². The summed E-state index contributed by atoms with van der Waals surface area (Å²) in [7, 11) is -2.86. The van der Waals surface area contributed by atoms with Crippen LogP contribution in [0.2, 0.25) is 10.0 Å². The molecule has 0 fully saturated rings. The number of carbonyl (C=O) groups is 2. The van der Waals surface area contributed by atoms with Crippen LogP contribution in [0.5, 0.6) is 5.75 Å². The monoisotopic (exact) mass is 591 g/mol. The van der Waals surface area contributed by atoms with Crippen LogP contribution in [0.1, 0.15) is 25.8 Å². The van der Waals surface area contributed by atoms with Gasteiger partial charge in [-0.25, -0.2) is 8.42 Å². The molecule has 0 aliphatic carbocycles. The largest absolute Gasteiger partial charge is 0.495 e. The Kier molecular flexibility index (Phi) is 10.6. The van der Waals surface area contributed by atoms with Crippen LogP contribution in [-0.2, 0) is 26.2 Å². The van der Waals surface area contributed by atoms with Crippen molar-refractivity contribution in [3.8, 4) is 5.75 Å². The average molecular weight is 593 g/mol. The van der Waals surface area contributed by atoms with Crippen LogP contribution < -0.4 is 14.4 Å². The Morgan fingerprint density at radius 1 is 1.00 bits per heavy atom. The summed E-state index contributed by atoms with van der Waals surface area (Å²) in [4.78, 5) is 28.2. The molecule has 208 valence electrons. The molecule has 0 saturated heterocycles. The highest BCUT2D eigenvalue weighted by Gasteiger charge is 2.34. The maximum atomic E-state index is 13.9. The van der Waals surface area contributed by atoms with E-state index in [1.807, 2.05) is 6.92 Å².